The largest absolute Gasteiger partial charge is 0.0616 e. The fraction of sp³-hybridized carbons (Fsp3) is 0. The molecule has 0 aromatic heterocycles. The lowest BCUT2D eigenvalue weighted by Gasteiger charge is -2.16. The van der Waals surface area contributed by atoms with Crippen LogP contribution in [0, 0.1) is 0 Å². The summed E-state index contributed by atoms with van der Waals surface area (Å²) >= 11 is 0. The molecule has 0 aliphatic rings. The third-order valence-corrected chi connectivity index (χ3v) is 11.2. The van der Waals surface area contributed by atoms with Crippen molar-refractivity contribution in [3.63, 3.8) is 0 Å². The highest BCUT2D eigenvalue weighted by Gasteiger charge is 2.15. The van der Waals surface area contributed by atoms with Gasteiger partial charge in [0.05, 0.1) is 0 Å². The van der Waals surface area contributed by atoms with Gasteiger partial charge in [-0.05, 0) is 139 Å². The molecule has 11 aromatic rings. The van der Waals surface area contributed by atoms with Gasteiger partial charge in [-0.15, -0.1) is 0 Å². The van der Waals surface area contributed by atoms with Crippen molar-refractivity contribution in [1.82, 2.24) is 0 Å². The van der Waals surface area contributed by atoms with Crippen molar-refractivity contribution in [3.05, 3.63) is 194 Å². The van der Waals surface area contributed by atoms with Crippen molar-refractivity contribution >= 4 is 75.4 Å². The fourth-order valence-corrected chi connectivity index (χ4v) is 8.67. The molecule has 0 spiro atoms. The molecule has 0 nitrogen and oxygen atoms in total. The van der Waals surface area contributed by atoms with Crippen LogP contribution >= 0.6 is 0 Å². The Morgan fingerprint density at radius 3 is 1.33 bits per heavy atom. The molecular formula is C52H32. The summed E-state index contributed by atoms with van der Waals surface area (Å²) in [6.45, 7) is 0. The predicted octanol–water partition coefficient (Wildman–Crippen LogP) is 14.8. The molecule has 0 unspecified atom stereocenters. The molecule has 0 N–H and O–H groups in total. The second-order valence-electron chi connectivity index (χ2n) is 14.1. The standard InChI is InChI=1S/C52H32/c1-2-11-34-28-37(21-20-33(34)10-1)35-12-9-13-36(29-35)38-24-26-42-39(30-38)22-23-40-31-41(25-27-43(40)42)50-32-51-46-16-4-3-14-44(46)45-15-5-7-18-48(45)52(51)49-19-8-6-17-47(49)50/h1-32H. The van der Waals surface area contributed by atoms with Gasteiger partial charge in [0.15, 0.2) is 0 Å². The number of fused-ring (bicyclic) bond motifs is 12. The predicted molar refractivity (Wildman–Crippen MR) is 225 cm³/mol. The molecule has 0 atom stereocenters. The van der Waals surface area contributed by atoms with Gasteiger partial charge in [0.2, 0.25) is 0 Å². The molecule has 11 aromatic carbocycles. The Kier molecular flexibility index (Phi) is 6.35. The van der Waals surface area contributed by atoms with Crippen molar-refractivity contribution in [2.45, 2.75) is 0 Å². The third kappa shape index (κ3) is 4.48. The van der Waals surface area contributed by atoms with E-state index in [2.05, 4.69) is 194 Å². The lowest BCUT2D eigenvalue weighted by atomic mass is 9.87. The first-order chi connectivity index (χ1) is 25.8. The second kappa shape index (κ2) is 11.4. The summed E-state index contributed by atoms with van der Waals surface area (Å²) in [5.41, 5.74) is 7.44. The molecular weight excluding hydrogens is 625 g/mol. The Labute approximate surface area is 301 Å². The van der Waals surface area contributed by atoms with Crippen LogP contribution in [-0.4, -0.2) is 0 Å². The summed E-state index contributed by atoms with van der Waals surface area (Å²) in [7, 11) is 0. The summed E-state index contributed by atoms with van der Waals surface area (Å²) < 4.78 is 0. The van der Waals surface area contributed by atoms with Crippen LogP contribution in [0.2, 0.25) is 0 Å². The molecule has 0 radical (unpaired) electrons. The minimum atomic E-state index is 1.23. The zero-order valence-corrected chi connectivity index (χ0v) is 28.5. The number of hydrogen-bond acceptors (Lipinski definition) is 0. The Hall–Kier alpha value is -6.76. The van der Waals surface area contributed by atoms with Gasteiger partial charge in [-0.25, -0.2) is 0 Å². The molecule has 0 bridgehead atoms. The molecule has 0 saturated carbocycles. The maximum absolute atomic E-state index is 2.44. The molecule has 240 valence electrons. The lowest BCUT2D eigenvalue weighted by molar-refractivity contribution is 1.61. The van der Waals surface area contributed by atoms with Crippen LogP contribution in [0.15, 0.2) is 194 Å². The highest BCUT2D eigenvalue weighted by atomic mass is 14.2. The van der Waals surface area contributed by atoms with Crippen molar-refractivity contribution in [1.29, 1.82) is 0 Å². The minimum absolute atomic E-state index is 1.23. The highest BCUT2D eigenvalue weighted by molar-refractivity contribution is 6.33. The van der Waals surface area contributed by atoms with E-state index in [-0.39, 0.29) is 0 Å². The number of benzene rings is 11. The molecule has 0 fully saturated rings. The van der Waals surface area contributed by atoms with Gasteiger partial charge < -0.3 is 0 Å². The van der Waals surface area contributed by atoms with Gasteiger partial charge in [0.25, 0.3) is 0 Å². The summed E-state index contributed by atoms with van der Waals surface area (Å²) in [6, 6.07) is 71.9. The zero-order valence-electron chi connectivity index (χ0n) is 28.5. The normalized spacial score (nSPS) is 11.8. The monoisotopic (exact) mass is 656 g/mol. The van der Waals surface area contributed by atoms with Gasteiger partial charge >= 0.3 is 0 Å². The third-order valence-electron chi connectivity index (χ3n) is 11.2. The quantitative estimate of drug-likeness (QED) is 0.166. The van der Waals surface area contributed by atoms with E-state index in [9.17, 15) is 0 Å². The Morgan fingerprint density at radius 2 is 0.635 bits per heavy atom. The zero-order chi connectivity index (χ0) is 34.2. The van der Waals surface area contributed by atoms with E-state index in [0.717, 1.165) is 0 Å². The molecule has 0 heteroatoms. The van der Waals surface area contributed by atoms with E-state index in [1.165, 1.54) is 109 Å². The Morgan fingerprint density at radius 1 is 0.192 bits per heavy atom. The summed E-state index contributed by atoms with van der Waals surface area (Å²) in [5.74, 6) is 0. The smallest absolute Gasteiger partial charge is 0.00199 e. The molecule has 0 aliphatic heterocycles. The molecule has 52 heavy (non-hydrogen) atoms. The van der Waals surface area contributed by atoms with E-state index in [0.29, 0.717) is 0 Å². The van der Waals surface area contributed by atoms with E-state index in [1.807, 2.05) is 0 Å². The van der Waals surface area contributed by atoms with Gasteiger partial charge in [0.1, 0.15) is 0 Å². The van der Waals surface area contributed by atoms with Crippen molar-refractivity contribution in [2.75, 3.05) is 0 Å². The average molecular weight is 657 g/mol. The van der Waals surface area contributed by atoms with Gasteiger partial charge in [-0.1, -0.05) is 164 Å². The maximum Gasteiger partial charge on any atom is -0.00199 e. The molecule has 0 aliphatic carbocycles. The van der Waals surface area contributed by atoms with Crippen LogP contribution in [0.4, 0.5) is 0 Å². The van der Waals surface area contributed by atoms with Crippen molar-refractivity contribution < 1.29 is 0 Å². The van der Waals surface area contributed by atoms with E-state index >= 15 is 0 Å². The van der Waals surface area contributed by atoms with Gasteiger partial charge in [-0.3, -0.25) is 0 Å². The molecule has 11 rings (SSSR count). The second-order valence-corrected chi connectivity index (χ2v) is 14.1. The average Bonchev–Trinajstić information content (AvgIpc) is 3.22. The highest BCUT2D eigenvalue weighted by Crippen LogP contribution is 2.43. The van der Waals surface area contributed by atoms with Crippen LogP contribution in [0.5, 0.6) is 0 Å². The molecule has 0 amide bonds. The van der Waals surface area contributed by atoms with Crippen molar-refractivity contribution in [3.8, 4) is 33.4 Å². The van der Waals surface area contributed by atoms with Crippen LogP contribution < -0.4 is 0 Å². The Balaban J connectivity index is 1.03. The van der Waals surface area contributed by atoms with Crippen molar-refractivity contribution in [2.24, 2.45) is 0 Å². The first-order valence-electron chi connectivity index (χ1n) is 18.1. The van der Waals surface area contributed by atoms with E-state index < -0.39 is 0 Å². The van der Waals surface area contributed by atoms with Crippen LogP contribution in [0.1, 0.15) is 0 Å². The maximum atomic E-state index is 2.44. The SMILES string of the molecule is c1cc(-c2ccc3ccccc3c2)cc(-c2ccc3c(ccc4cc(-c5cc6c7ccccc7c7ccccc7c6c6ccccc56)ccc43)c2)c1. The van der Waals surface area contributed by atoms with Gasteiger partial charge in [0, 0.05) is 0 Å². The van der Waals surface area contributed by atoms with Crippen LogP contribution in [0.3, 0.4) is 0 Å². The van der Waals surface area contributed by atoms with Gasteiger partial charge in [-0.2, -0.15) is 0 Å². The first kappa shape index (κ1) is 29.0. The minimum Gasteiger partial charge on any atom is -0.0616 e. The first-order valence-corrected chi connectivity index (χ1v) is 18.1. The topological polar surface area (TPSA) is 0 Å². The lowest BCUT2D eigenvalue weighted by Crippen LogP contribution is -1.89. The number of hydrogen-bond donors (Lipinski definition) is 0. The fourth-order valence-electron chi connectivity index (χ4n) is 8.67. The number of rotatable bonds is 3. The summed E-state index contributed by atoms with van der Waals surface area (Å²) in [5, 5.41) is 18.0. The Bertz CT molecular complexity index is 3240. The van der Waals surface area contributed by atoms with Crippen LogP contribution in [0.25, 0.3) is 109 Å². The van der Waals surface area contributed by atoms with Crippen LogP contribution in [-0.2, 0) is 0 Å². The molecule has 0 saturated heterocycles. The summed E-state index contributed by atoms with van der Waals surface area (Å²) in [4.78, 5) is 0. The summed E-state index contributed by atoms with van der Waals surface area (Å²) in [6.07, 6.45) is 0. The van der Waals surface area contributed by atoms with E-state index in [4.69, 9.17) is 0 Å². The van der Waals surface area contributed by atoms with E-state index in [1.54, 1.807) is 0 Å². The molecule has 0 heterocycles.